The highest BCUT2D eigenvalue weighted by Crippen LogP contribution is 2.18. The molecule has 0 saturated carbocycles. The van der Waals surface area contributed by atoms with E-state index in [1.165, 1.54) is 11.1 Å². The van der Waals surface area contributed by atoms with Crippen molar-refractivity contribution in [2.75, 3.05) is 0 Å². The van der Waals surface area contributed by atoms with E-state index >= 15 is 0 Å². The van der Waals surface area contributed by atoms with Crippen molar-refractivity contribution in [2.45, 2.75) is 32.6 Å². The topological polar surface area (TPSA) is 17.8 Å². The van der Waals surface area contributed by atoms with Crippen LogP contribution in [0.5, 0.6) is 0 Å². The predicted octanol–water partition coefficient (Wildman–Crippen LogP) is 3.87. The monoisotopic (exact) mass is 248 g/mol. The van der Waals surface area contributed by atoms with Gasteiger partial charge in [0.05, 0.1) is 0 Å². The van der Waals surface area contributed by atoms with Crippen molar-refractivity contribution < 1.29 is 0 Å². The minimum Gasteiger partial charge on any atom is -0.304 e. The number of hydrogen-bond donors (Lipinski definition) is 0. The standard InChI is InChI=1S/C14H17ClN2/c1-3-4-14-16-7-8-17(14)13-6-5-12(10-15)11(2)9-13/h5-9H,3-4,10H2,1-2H3. The van der Waals surface area contributed by atoms with Crippen molar-refractivity contribution in [1.82, 2.24) is 9.55 Å². The summed E-state index contributed by atoms with van der Waals surface area (Å²) < 4.78 is 2.15. The molecule has 0 N–H and O–H groups in total. The van der Waals surface area contributed by atoms with Crippen molar-refractivity contribution in [3.8, 4) is 5.69 Å². The van der Waals surface area contributed by atoms with Crippen LogP contribution in [0.3, 0.4) is 0 Å². The number of alkyl halides is 1. The van der Waals surface area contributed by atoms with Gasteiger partial charge in [-0.1, -0.05) is 13.0 Å². The normalized spacial score (nSPS) is 10.8. The van der Waals surface area contributed by atoms with E-state index in [1.54, 1.807) is 0 Å². The molecule has 0 unspecified atom stereocenters. The number of nitrogens with zero attached hydrogens (tertiary/aromatic N) is 2. The molecule has 0 spiro atoms. The molecular weight excluding hydrogens is 232 g/mol. The largest absolute Gasteiger partial charge is 0.304 e. The highest BCUT2D eigenvalue weighted by atomic mass is 35.5. The minimum atomic E-state index is 0.567. The van der Waals surface area contributed by atoms with Gasteiger partial charge in [0.15, 0.2) is 0 Å². The number of aromatic nitrogens is 2. The van der Waals surface area contributed by atoms with Gasteiger partial charge in [-0.3, -0.25) is 0 Å². The molecule has 0 aliphatic heterocycles. The Morgan fingerprint density at radius 3 is 2.82 bits per heavy atom. The fourth-order valence-electron chi connectivity index (χ4n) is 1.96. The van der Waals surface area contributed by atoms with Crippen molar-refractivity contribution in [3.63, 3.8) is 0 Å². The first-order valence-corrected chi connectivity index (χ1v) is 6.47. The summed E-state index contributed by atoms with van der Waals surface area (Å²) in [5, 5.41) is 0. The number of imidazole rings is 1. The molecule has 1 aromatic carbocycles. The summed E-state index contributed by atoms with van der Waals surface area (Å²) in [5.74, 6) is 1.68. The number of aryl methyl sites for hydroxylation is 2. The molecule has 1 aromatic heterocycles. The summed E-state index contributed by atoms with van der Waals surface area (Å²) in [6, 6.07) is 6.36. The molecule has 0 amide bonds. The van der Waals surface area contributed by atoms with Gasteiger partial charge in [0.1, 0.15) is 5.82 Å². The molecule has 0 bridgehead atoms. The van der Waals surface area contributed by atoms with Crippen molar-refractivity contribution >= 4 is 11.6 Å². The molecule has 0 aliphatic carbocycles. The molecule has 0 aliphatic rings. The summed E-state index contributed by atoms with van der Waals surface area (Å²) in [7, 11) is 0. The third kappa shape index (κ3) is 2.52. The lowest BCUT2D eigenvalue weighted by molar-refractivity contribution is 0.808. The Morgan fingerprint density at radius 2 is 2.18 bits per heavy atom. The van der Waals surface area contributed by atoms with Gasteiger partial charge in [-0.15, -0.1) is 11.6 Å². The van der Waals surface area contributed by atoms with Crippen LogP contribution in [-0.4, -0.2) is 9.55 Å². The first-order valence-electron chi connectivity index (χ1n) is 5.94. The number of rotatable bonds is 4. The molecule has 3 heteroatoms. The van der Waals surface area contributed by atoms with Crippen molar-refractivity contribution in [1.29, 1.82) is 0 Å². The summed E-state index contributed by atoms with van der Waals surface area (Å²) in [6.45, 7) is 4.26. The lowest BCUT2D eigenvalue weighted by atomic mass is 10.1. The quantitative estimate of drug-likeness (QED) is 0.751. The zero-order valence-electron chi connectivity index (χ0n) is 10.3. The van der Waals surface area contributed by atoms with Gasteiger partial charge in [0.2, 0.25) is 0 Å². The Labute approximate surface area is 107 Å². The van der Waals surface area contributed by atoms with Gasteiger partial charge in [0.25, 0.3) is 0 Å². The van der Waals surface area contributed by atoms with E-state index in [9.17, 15) is 0 Å². The summed E-state index contributed by atoms with van der Waals surface area (Å²) in [4.78, 5) is 4.39. The molecule has 2 aromatic rings. The number of benzene rings is 1. The molecule has 0 saturated heterocycles. The highest BCUT2D eigenvalue weighted by Gasteiger charge is 2.05. The van der Waals surface area contributed by atoms with Gasteiger partial charge in [-0.2, -0.15) is 0 Å². The summed E-state index contributed by atoms with van der Waals surface area (Å²) in [5.41, 5.74) is 3.58. The van der Waals surface area contributed by atoms with Crippen LogP contribution in [0.25, 0.3) is 5.69 Å². The lowest BCUT2D eigenvalue weighted by Gasteiger charge is -2.10. The molecule has 90 valence electrons. The van der Waals surface area contributed by atoms with E-state index in [0.717, 1.165) is 24.4 Å². The van der Waals surface area contributed by atoms with Crippen LogP contribution in [-0.2, 0) is 12.3 Å². The van der Waals surface area contributed by atoms with E-state index in [-0.39, 0.29) is 0 Å². The number of hydrogen-bond acceptors (Lipinski definition) is 1. The van der Waals surface area contributed by atoms with Gasteiger partial charge < -0.3 is 4.57 Å². The SMILES string of the molecule is CCCc1nccn1-c1ccc(CCl)c(C)c1. The zero-order valence-corrected chi connectivity index (χ0v) is 11.0. The van der Waals surface area contributed by atoms with E-state index in [4.69, 9.17) is 11.6 Å². The number of halogens is 1. The third-order valence-electron chi connectivity index (χ3n) is 2.94. The third-order valence-corrected chi connectivity index (χ3v) is 3.23. The van der Waals surface area contributed by atoms with Crippen molar-refractivity contribution in [3.05, 3.63) is 47.5 Å². The second-order valence-corrected chi connectivity index (χ2v) is 4.48. The molecule has 2 rings (SSSR count). The van der Waals surface area contributed by atoms with Crippen LogP contribution in [0.4, 0.5) is 0 Å². The maximum Gasteiger partial charge on any atom is 0.113 e. The van der Waals surface area contributed by atoms with Crippen LogP contribution in [0, 0.1) is 6.92 Å². The average Bonchev–Trinajstić information content (AvgIpc) is 2.78. The van der Waals surface area contributed by atoms with E-state index in [2.05, 4.69) is 41.6 Å². The molecule has 0 fully saturated rings. The fourth-order valence-corrected chi connectivity index (χ4v) is 2.26. The Morgan fingerprint density at radius 1 is 1.35 bits per heavy atom. The Balaban J connectivity index is 2.39. The first kappa shape index (κ1) is 12.2. The molecule has 17 heavy (non-hydrogen) atoms. The summed E-state index contributed by atoms with van der Waals surface area (Å²) >= 11 is 5.87. The van der Waals surface area contributed by atoms with Crippen LogP contribution >= 0.6 is 11.6 Å². The van der Waals surface area contributed by atoms with Crippen LogP contribution < -0.4 is 0 Å². The molecule has 1 heterocycles. The Kier molecular flexibility index (Phi) is 3.85. The Hall–Kier alpha value is -1.28. The minimum absolute atomic E-state index is 0.567. The van der Waals surface area contributed by atoms with Crippen molar-refractivity contribution in [2.24, 2.45) is 0 Å². The van der Waals surface area contributed by atoms with Crippen LogP contribution in [0.15, 0.2) is 30.6 Å². The first-order chi connectivity index (χ1) is 8.26. The second-order valence-electron chi connectivity index (χ2n) is 4.21. The van der Waals surface area contributed by atoms with Gasteiger partial charge in [-0.05, 0) is 36.6 Å². The maximum absolute atomic E-state index is 5.87. The van der Waals surface area contributed by atoms with E-state index < -0.39 is 0 Å². The lowest BCUT2D eigenvalue weighted by Crippen LogP contribution is -2.01. The van der Waals surface area contributed by atoms with E-state index in [1.807, 2.05) is 12.4 Å². The summed E-state index contributed by atoms with van der Waals surface area (Å²) in [6.07, 6.45) is 5.98. The Bertz CT molecular complexity index is 503. The van der Waals surface area contributed by atoms with Crippen LogP contribution in [0.1, 0.15) is 30.3 Å². The van der Waals surface area contributed by atoms with Gasteiger partial charge in [-0.25, -0.2) is 4.98 Å². The second kappa shape index (κ2) is 5.37. The molecule has 2 nitrogen and oxygen atoms in total. The van der Waals surface area contributed by atoms with Gasteiger partial charge >= 0.3 is 0 Å². The van der Waals surface area contributed by atoms with Crippen LogP contribution in [0.2, 0.25) is 0 Å². The smallest absolute Gasteiger partial charge is 0.113 e. The maximum atomic E-state index is 5.87. The zero-order chi connectivity index (χ0) is 12.3. The molecule has 0 atom stereocenters. The van der Waals surface area contributed by atoms with E-state index in [0.29, 0.717) is 5.88 Å². The molecular formula is C14H17ClN2. The van der Waals surface area contributed by atoms with Gasteiger partial charge in [0, 0.05) is 30.4 Å². The average molecular weight is 249 g/mol. The fraction of sp³-hybridized carbons (Fsp3) is 0.357. The predicted molar refractivity (Wildman–Crippen MR) is 71.9 cm³/mol. The highest BCUT2D eigenvalue weighted by molar-refractivity contribution is 6.17. The molecule has 0 radical (unpaired) electrons.